The van der Waals surface area contributed by atoms with Gasteiger partial charge in [-0.05, 0) is 12.1 Å². The quantitative estimate of drug-likeness (QED) is 0.747. The summed E-state index contributed by atoms with van der Waals surface area (Å²) in [5, 5.41) is 14.0. The van der Waals surface area contributed by atoms with E-state index in [0.29, 0.717) is 33.6 Å². The zero-order valence-corrected chi connectivity index (χ0v) is 15.2. The van der Waals surface area contributed by atoms with Crippen LogP contribution in [0.25, 0.3) is 5.70 Å². The molecular weight excluding hydrogens is 349 g/mol. The van der Waals surface area contributed by atoms with E-state index in [-0.39, 0.29) is 12.6 Å². The summed E-state index contributed by atoms with van der Waals surface area (Å²) in [7, 11) is 0. The van der Waals surface area contributed by atoms with Gasteiger partial charge in [-0.25, -0.2) is 4.98 Å². The average molecular weight is 370 g/mol. The van der Waals surface area contributed by atoms with Crippen molar-refractivity contribution in [1.82, 2.24) is 14.9 Å². The summed E-state index contributed by atoms with van der Waals surface area (Å²) in [4.78, 5) is 4.00. The van der Waals surface area contributed by atoms with Crippen LogP contribution in [0.4, 0.5) is 0 Å². The molecule has 1 atom stereocenters. The molecule has 1 unspecified atom stereocenters. The minimum absolute atomic E-state index is 0.112. The highest BCUT2D eigenvalue weighted by Gasteiger charge is 2.16. The third kappa shape index (κ3) is 4.98. The van der Waals surface area contributed by atoms with Crippen LogP contribution in [0.15, 0.2) is 37.4 Å². The molecular formula is C17H21Cl2N3O2. The van der Waals surface area contributed by atoms with E-state index < -0.39 is 6.10 Å². The summed E-state index contributed by atoms with van der Waals surface area (Å²) in [5.41, 5.74) is 1.22. The third-order valence-electron chi connectivity index (χ3n) is 3.32. The SMILES string of the molecule is C=C(c1c(Cl)cc(Cl)cc1OCC(O)CNC(C)C)n1ccnc1. The monoisotopic (exact) mass is 369 g/mol. The molecule has 1 heterocycles. The van der Waals surface area contributed by atoms with Crippen LogP contribution < -0.4 is 10.1 Å². The summed E-state index contributed by atoms with van der Waals surface area (Å²) in [6.45, 7) is 8.61. The second kappa shape index (κ2) is 8.53. The lowest BCUT2D eigenvalue weighted by molar-refractivity contribution is 0.104. The van der Waals surface area contributed by atoms with Crippen LogP contribution >= 0.6 is 23.2 Å². The summed E-state index contributed by atoms with van der Waals surface area (Å²) >= 11 is 12.4. The van der Waals surface area contributed by atoms with Gasteiger partial charge in [0.2, 0.25) is 0 Å². The van der Waals surface area contributed by atoms with E-state index in [2.05, 4.69) is 16.9 Å². The Labute approximate surface area is 151 Å². The molecule has 5 nitrogen and oxygen atoms in total. The molecule has 0 bridgehead atoms. The van der Waals surface area contributed by atoms with Crippen LogP contribution in [0.5, 0.6) is 5.75 Å². The summed E-state index contributed by atoms with van der Waals surface area (Å²) < 4.78 is 7.49. The second-order valence-electron chi connectivity index (χ2n) is 5.71. The number of ether oxygens (including phenoxy) is 1. The minimum Gasteiger partial charge on any atom is -0.490 e. The minimum atomic E-state index is -0.653. The van der Waals surface area contributed by atoms with Crippen molar-refractivity contribution in [2.24, 2.45) is 0 Å². The molecule has 2 aromatic rings. The van der Waals surface area contributed by atoms with Crippen LogP contribution in [0.2, 0.25) is 10.0 Å². The average Bonchev–Trinajstić information content (AvgIpc) is 3.04. The Balaban J connectivity index is 2.18. The van der Waals surface area contributed by atoms with Gasteiger partial charge in [-0.15, -0.1) is 0 Å². The molecule has 2 N–H and O–H groups in total. The summed E-state index contributed by atoms with van der Waals surface area (Å²) in [6.07, 6.45) is 4.38. The number of nitrogens with one attached hydrogen (secondary N) is 1. The molecule has 130 valence electrons. The number of benzene rings is 1. The van der Waals surface area contributed by atoms with Gasteiger partial charge in [-0.2, -0.15) is 0 Å². The Morgan fingerprint density at radius 2 is 2.17 bits per heavy atom. The highest BCUT2D eigenvalue weighted by atomic mass is 35.5. The summed E-state index contributed by atoms with van der Waals surface area (Å²) in [5.74, 6) is 0.467. The molecule has 0 spiro atoms. The maximum Gasteiger partial charge on any atom is 0.131 e. The molecule has 0 saturated carbocycles. The molecule has 1 aromatic heterocycles. The normalized spacial score (nSPS) is 12.4. The van der Waals surface area contributed by atoms with Crippen LogP contribution in [-0.2, 0) is 0 Å². The van der Waals surface area contributed by atoms with Crippen LogP contribution in [-0.4, -0.2) is 40.0 Å². The fourth-order valence-electron chi connectivity index (χ4n) is 2.11. The number of aromatic nitrogens is 2. The zero-order chi connectivity index (χ0) is 17.7. The van der Waals surface area contributed by atoms with Gasteiger partial charge in [0.1, 0.15) is 18.5 Å². The molecule has 0 fully saturated rings. The van der Waals surface area contributed by atoms with E-state index in [1.807, 2.05) is 13.8 Å². The van der Waals surface area contributed by atoms with Gasteiger partial charge < -0.3 is 19.7 Å². The van der Waals surface area contributed by atoms with Gasteiger partial charge in [0.15, 0.2) is 0 Å². The fourth-order valence-corrected chi connectivity index (χ4v) is 2.69. The first-order chi connectivity index (χ1) is 11.4. The molecule has 7 heteroatoms. The number of hydrogen-bond acceptors (Lipinski definition) is 4. The Hall–Kier alpha value is -1.53. The first-order valence-electron chi connectivity index (χ1n) is 7.59. The van der Waals surface area contributed by atoms with Gasteiger partial charge >= 0.3 is 0 Å². The van der Waals surface area contributed by atoms with E-state index in [4.69, 9.17) is 27.9 Å². The topological polar surface area (TPSA) is 59.3 Å². The molecule has 0 aliphatic carbocycles. The van der Waals surface area contributed by atoms with Gasteiger partial charge in [0.05, 0.1) is 22.6 Å². The lowest BCUT2D eigenvalue weighted by atomic mass is 10.1. The van der Waals surface area contributed by atoms with E-state index in [0.717, 1.165) is 0 Å². The van der Waals surface area contributed by atoms with Crippen molar-refractivity contribution in [3.63, 3.8) is 0 Å². The van der Waals surface area contributed by atoms with Crippen molar-refractivity contribution in [3.05, 3.63) is 53.0 Å². The predicted molar refractivity (Wildman–Crippen MR) is 97.8 cm³/mol. The van der Waals surface area contributed by atoms with Gasteiger partial charge in [0, 0.05) is 30.0 Å². The highest BCUT2D eigenvalue weighted by Crippen LogP contribution is 2.36. The smallest absolute Gasteiger partial charge is 0.131 e. The van der Waals surface area contributed by atoms with Crippen molar-refractivity contribution in [3.8, 4) is 5.75 Å². The van der Waals surface area contributed by atoms with Crippen molar-refractivity contribution >= 4 is 28.9 Å². The standard InChI is InChI=1S/C17H21Cl2N3O2/c1-11(2)21-8-14(23)9-24-16-7-13(18)6-15(19)17(16)12(3)22-5-4-20-10-22/h4-7,10-11,14,21,23H,3,8-9H2,1-2H3. The van der Waals surface area contributed by atoms with E-state index in [1.54, 1.807) is 35.4 Å². The number of imidazole rings is 1. The molecule has 0 aliphatic heterocycles. The molecule has 1 aromatic carbocycles. The molecule has 0 radical (unpaired) electrons. The predicted octanol–water partition coefficient (Wildman–Crippen LogP) is 3.45. The van der Waals surface area contributed by atoms with Crippen LogP contribution in [0.1, 0.15) is 19.4 Å². The fraction of sp³-hybridized carbons (Fsp3) is 0.353. The Morgan fingerprint density at radius 1 is 1.42 bits per heavy atom. The number of rotatable bonds is 8. The third-order valence-corrected chi connectivity index (χ3v) is 3.83. The lowest BCUT2D eigenvalue weighted by Gasteiger charge is -2.19. The van der Waals surface area contributed by atoms with E-state index >= 15 is 0 Å². The van der Waals surface area contributed by atoms with Gasteiger partial charge in [-0.3, -0.25) is 0 Å². The van der Waals surface area contributed by atoms with Crippen molar-refractivity contribution < 1.29 is 9.84 Å². The lowest BCUT2D eigenvalue weighted by Crippen LogP contribution is -2.35. The summed E-state index contributed by atoms with van der Waals surface area (Å²) in [6, 6.07) is 3.58. The Morgan fingerprint density at radius 3 is 2.79 bits per heavy atom. The molecule has 24 heavy (non-hydrogen) atoms. The second-order valence-corrected chi connectivity index (χ2v) is 6.55. The van der Waals surface area contributed by atoms with Crippen LogP contribution in [0, 0.1) is 0 Å². The molecule has 0 saturated heterocycles. The largest absolute Gasteiger partial charge is 0.490 e. The van der Waals surface area contributed by atoms with Gasteiger partial charge in [0.25, 0.3) is 0 Å². The molecule has 0 aliphatic rings. The van der Waals surface area contributed by atoms with E-state index in [9.17, 15) is 5.11 Å². The Kier molecular flexibility index (Phi) is 6.69. The highest BCUT2D eigenvalue weighted by molar-refractivity contribution is 6.36. The van der Waals surface area contributed by atoms with Gasteiger partial charge in [-0.1, -0.05) is 43.6 Å². The van der Waals surface area contributed by atoms with Crippen molar-refractivity contribution in [2.45, 2.75) is 26.0 Å². The number of aliphatic hydroxyl groups is 1. The first-order valence-corrected chi connectivity index (χ1v) is 8.35. The molecule has 2 rings (SSSR count). The number of halogens is 2. The zero-order valence-electron chi connectivity index (χ0n) is 13.7. The Bertz CT molecular complexity index is 687. The number of hydrogen-bond donors (Lipinski definition) is 2. The van der Waals surface area contributed by atoms with Crippen molar-refractivity contribution in [1.29, 1.82) is 0 Å². The maximum absolute atomic E-state index is 10.0. The molecule has 0 amide bonds. The van der Waals surface area contributed by atoms with Crippen LogP contribution in [0.3, 0.4) is 0 Å². The van der Waals surface area contributed by atoms with E-state index in [1.165, 1.54) is 0 Å². The number of nitrogens with zero attached hydrogens (tertiary/aromatic N) is 2. The first kappa shape index (κ1) is 18.8. The number of aliphatic hydroxyl groups excluding tert-OH is 1. The van der Waals surface area contributed by atoms with Crippen molar-refractivity contribution in [2.75, 3.05) is 13.2 Å². The maximum atomic E-state index is 10.0.